The molecule has 8 heteroatoms. The molecule has 1 aromatic heterocycles. The Morgan fingerprint density at radius 3 is 2.54 bits per heavy atom. The summed E-state index contributed by atoms with van der Waals surface area (Å²) in [6, 6.07) is 7.30. The van der Waals surface area contributed by atoms with Gasteiger partial charge in [-0.3, -0.25) is 14.6 Å². The molecule has 8 nitrogen and oxygen atoms in total. The van der Waals surface area contributed by atoms with Crippen LogP contribution in [0.15, 0.2) is 39.0 Å². The van der Waals surface area contributed by atoms with Gasteiger partial charge in [0.15, 0.2) is 0 Å². The van der Waals surface area contributed by atoms with E-state index in [1.54, 1.807) is 6.92 Å². The maximum absolute atomic E-state index is 11.9. The Bertz CT molecular complexity index is 895. The van der Waals surface area contributed by atoms with E-state index in [0.717, 1.165) is 11.3 Å². The third-order valence-corrected chi connectivity index (χ3v) is 3.46. The minimum atomic E-state index is -0.601. The number of hydrogen-bond acceptors (Lipinski definition) is 5. The first-order chi connectivity index (χ1) is 12.3. The molecule has 0 radical (unpaired) electrons. The van der Waals surface area contributed by atoms with Crippen molar-refractivity contribution in [1.29, 1.82) is 0 Å². The first-order valence-electron chi connectivity index (χ1n) is 8.22. The molecule has 2 rings (SSSR count). The van der Waals surface area contributed by atoms with Gasteiger partial charge in [-0.25, -0.2) is 10.2 Å². The number of benzene rings is 1. The third kappa shape index (κ3) is 5.73. The number of amides is 1. The highest BCUT2D eigenvalue weighted by Crippen LogP contribution is 2.12. The van der Waals surface area contributed by atoms with Crippen molar-refractivity contribution in [3.63, 3.8) is 0 Å². The largest absolute Gasteiger partial charge is 0.493 e. The van der Waals surface area contributed by atoms with Crippen molar-refractivity contribution in [2.75, 3.05) is 6.61 Å². The third-order valence-electron chi connectivity index (χ3n) is 3.46. The molecule has 26 heavy (non-hydrogen) atoms. The second-order valence-electron chi connectivity index (χ2n) is 6.26. The normalized spacial score (nSPS) is 11.1. The number of ether oxygens (including phenoxy) is 1. The van der Waals surface area contributed by atoms with Gasteiger partial charge in [-0.1, -0.05) is 13.8 Å². The lowest BCUT2D eigenvalue weighted by molar-refractivity contribution is -0.120. The molecule has 0 atom stereocenters. The van der Waals surface area contributed by atoms with Crippen molar-refractivity contribution in [2.24, 2.45) is 11.0 Å². The first-order valence-corrected chi connectivity index (χ1v) is 8.22. The molecule has 0 unspecified atom stereocenters. The summed E-state index contributed by atoms with van der Waals surface area (Å²) in [5.74, 6) is 0.760. The van der Waals surface area contributed by atoms with Crippen molar-refractivity contribution < 1.29 is 9.53 Å². The number of aromatic nitrogens is 2. The lowest BCUT2D eigenvalue weighted by atomic mass is 10.1. The van der Waals surface area contributed by atoms with E-state index in [9.17, 15) is 14.4 Å². The average Bonchev–Trinajstić information content (AvgIpc) is 2.57. The predicted octanol–water partition coefficient (Wildman–Crippen LogP) is 1.10. The van der Waals surface area contributed by atoms with E-state index in [0.29, 0.717) is 18.2 Å². The monoisotopic (exact) mass is 358 g/mol. The lowest BCUT2D eigenvalue weighted by Crippen LogP contribution is -2.30. The second kappa shape index (κ2) is 8.80. The molecule has 0 fully saturated rings. The fourth-order valence-electron chi connectivity index (χ4n) is 2.13. The zero-order valence-electron chi connectivity index (χ0n) is 15.0. The Morgan fingerprint density at radius 1 is 1.23 bits per heavy atom. The van der Waals surface area contributed by atoms with Gasteiger partial charge in [0.05, 0.1) is 19.2 Å². The molecular weight excluding hydrogens is 336 g/mol. The zero-order chi connectivity index (χ0) is 19.1. The maximum atomic E-state index is 11.9. The van der Waals surface area contributed by atoms with Gasteiger partial charge in [-0.2, -0.15) is 5.10 Å². The van der Waals surface area contributed by atoms with E-state index in [1.165, 1.54) is 6.21 Å². The second-order valence-corrected chi connectivity index (χ2v) is 6.26. The number of nitrogens with one attached hydrogen (secondary N) is 3. The first kappa shape index (κ1) is 19.2. The fraction of sp³-hybridized carbons (Fsp3) is 0.333. The Morgan fingerprint density at radius 2 is 1.92 bits per heavy atom. The van der Waals surface area contributed by atoms with Crippen molar-refractivity contribution in [1.82, 2.24) is 15.4 Å². The number of nitrogens with zero attached hydrogens (tertiary/aromatic N) is 1. The van der Waals surface area contributed by atoms with Gasteiger partial charge in [0, 0.05) is 11.3 Å². The average molecular weight is 358 g/mol. The van der Waals surface area contributed by atoms with Crippen LogP contribution in [0.1, 0.15) is 30.7 Å². The van der Waals surface area contributed by atoms with E-state index < -0.39 is 17.2 Å². The molecule has 1 amide bonds. The van der Waals surface area contributed by atoms with Gasteiger partial charge in [-0.15, -0.1) is 0 Å². The number of rotatable bonds is 7. The van der Waals surface area contributed by atoms with Crippen LogP contribution < -0.4 is 21.4 Å². The number of H-pyrrole nitrogens is 2. The SMILES string of the molecule is Cc1[nH]c(=O)[nH]c(=O)c1CC(=O)N/N=C\c1ccc(OCC(C)C)cc1. The van der Waals surface area contributed by atoms with Gasteiger partial charge in [0.25, 0.3) is 5.56 Å². The fourth-order valence-corrected chi connectivity index (χ4v) is 2.13. The number of carbonyl (C=O) groups excluding carboxylic acids is 1. The van der Waals surface area contributed by atoms with E-state index in [-0.39, 0.29) is 12.0 Å². The highest BCUT2D eigenvalue weighted by atomic mass is 16.5. The summed E-state index contributed by atoms with van der Waals surface area (Å²) in [5.41, 5.74) is 2.52. The van der Waals surface area contributed by atoms with Crippen LogP contribution in [-0.4, -0.2) is 28.7 Å². The Kier molecular flexibility index (Phi) is 6.48. The Hall–Kier alpha value is -3.16. The summed E-state index contributed by atoms with van der Waals surface area (Å²) < 4.78 is 5.59. The summed E-state index contributed by atoms with van der Waals surface area (Å²) in [4.78, 5) is 39.3. The number of hydrazone groups is 1. The Labute approximate surface area is 150 Å². The van der Waals surface area contributed by atoms with Crippen LogP contribution in [0.2, 0.25) is 0 Å². The quantitative estimate of drug-likeness (QED) is 0.507. The zero-order valence-corrected chi connectivity index (χ0v) is 15.0. The molecule has 0 aliphatic carbocycles. The van der Waals surface area contributed by atoms with Crippen molar-refractivity contribution >= 4 is 12.1 Å². The molecule has 1 heterocycles. The van der Waals surface area contributed by atoms with Crippen LogP contribution in [0.3, 0.4) is 0 Å². The number of aromatic amines is 2. The smallest absolute Gasteiger partial charge is 0.325 e. The summed E-state index contributed by atoms with van der Waals surface area (Å²) >= 11 is 0. The standard InChI is InChI=1S/C18H22N4O4/c1-11(2)10-26-14-6-4-13(5-7-14)9-19-22-16(23)8-15-12(3)20-18(25)21-17(15)24/h4-7,9,11H,8,10H2,1-3H3,(H,22,23)(H2,20,21,24,25)/b19-9-. The lowest BCUT2D eigenvalue weighted by Gasteiger charge is -2.08. The van der Waals surface area contributed by atoms with Gasteiger partial charge in [-0.05, 0) is 42.7 Å². The highest BCUT2D eigenvalue weighted by Gasteiger charge is 2.10. The minimum absolute atomic E-state index is 0.183. The van der Waals surface area contributed by atoms with Gasteiger partial charge in [0.1, 0.15) is 5.75 Å². The topological polar surface area (TPSA) is 116 Å². The molecule has 3 N–H and O–H groups in total. The van der Waals surface area contributed by atoms with E-state index >= 15 is 0 Å². The molecular formula is C18H22N4O4. The van der Waals surface area contributed by atoms with Gasteiger partial charge >= 0.3 is 5.69 Å². The predicted molar refractivity (Wildman–Crippen MR) is 98.6 cm³/mol. The molecule has 0 aliphatic rings. The van der Waals surface area contributed by atoms with Crippen LogP contribution in [0.25, 0.3) is 0 Å². The molecule has 138 valence electrons. The highest BCUT2D eigenvalue weighted by molar-refractivity contribution is 5.83. The summed E-state index contributed by atoms with van der Waals surface area (Å²) in [7, 11) is 0. The van der Waals surface area contributed by atoms with E-state index in [1.807, 2.05) is 24.3 Å². The number of carbonyl (C=O) groups is 1. The van der Waals surface area contributed by atoms with Crippen molar-refractivity contribution in [3.8, 4) is 5.75 Å². The molecule has 0 saturated heterocycles. The van der Waals surface area contributed by atoms with Gasteiger partial charge < -0.3 is 9.72 Å². The van der Waals surface area contributed by atoms with Crippen molar-refractivity contribution in [2.45, 2.75) is 27.2 Å². The summed E-state index contributed by atoms with van der Waals surface area (Å²) in [6.45, 7) is 6.36. The van der Waals surface area contributed by atoms with Crippen LogP contribution in [0.5, 0.6) is 5.75 Å². The van der Waals surface area contributed by atoms with Crippen LogP contribution in [-0.2, 0) is 11.2 Å². The molecule has 1 aromatic carbocycles. The molecule has 2 aromatic rings. The number of hydrogen-bond donors (Lipinski definition) is 3. The number of aryl methyl sites for hydroxylation is 1. The molecule has 0 saturated carbocycles. The Balaban J connectivity index is 1.91. The molecule has 0 bridgehead atoms. The van der Waals surface area contributed by atoms with Crippen LogP contribution >= 0.6 is 0 Å². The van der Waals surface area contributed by atoms with E-state index in [4.69, 9.17) is 4.74 Å². The van der Waals surface area contributed by atoms with Crippen LogP contribution in [0.4, 0.5) is 0 Å². The summed E-state index contributed by atoms with van der Waals surface area (Å²) in [5, 5.41) is 3.87. The van der Waals surface area contributed by atoms with E-state index in [2.05, 4.69) is 34.3 Å². The molecule has 0 spiro atoms. The minimum Gasteiger partial charge on any atom is -0.493 e. The molecule has 0 aliphatic heterocycles. The van der Waals surface area contributed by atoms with Crippen LogP contribution in [0, 0.1) is 12.8 Å². The van der Waals surface area contributed by atoms with Crippen molar-refractivity contribution in [3.05, 3.63) is 61.9 Å². The maximum Gasteiger partial charge on any atom is 0.325 e. The van der Waals surface area contributed by atoms with Gasteiger partial charge in [0.2, 0.25) is 5.91 Å². The summed E-state index contributed by atoms with van der Waals surface area (Å²) in [6.07, 6.45) is 1.31.